The zero-order valence-corrected chi connectivity index (χ0v) is 16.1. The van der Waals surface area contributed by atoms with Gasteiger partial charge in [0.05, 0.1) is 23.5 Å². The second-order valence-electron chi connectivity index (χ2n) is 6.98. The lowest BCUT2D eigenvalue weighted by Gasteiger charge is -2.22. The van der Waals surface area contributed by atoms with Gasteiger partial charge in [0.2, 0.25) is 11.8 Å². The van der Waals surface area contributed by atoms with Crippen LogP contribution < -0.4 is 10.2 Å². The lowest BCUT2D eigenvalue weighted by molar-refractivity contribution is -0.120. The van der Waals surface area contributed by atoms with Crippen LogP contribution in [0.15, 0.2) is 83.9 Å². The van der Waals surface area contributed by atoms with Crippen LogP contribution in [0.2, 0.25) is 0 Å². The Morgan fingerprint density at radius 3 is 2.41 bits per heavy atom. The summed E-state index contributed by atoms with van der Waals surface area (Å²) in [5.74, 6) is -0.406. The van der Waals surface area contributed by atoms with E-state index in [4.69, 9.17) is 4.99 Å². The molecule has 0 aliphatic carbocycles. The van der Waals surface area contributed by atoms with Gasteiger partial charge in [0.1, 0.15) is 6.54 Å². The van der Waals surface area contributed by atoms with E-state index in [1.807, 2.05) is 85.8 Å². The Kier molecular flexibility index (Phi) is 5.20. The number of aliphatic imine (C=N–C) groups is 1. The van der Waals surface area contributed by atoms with Crippen molar-refractivity contribution < 1.29 is 9.59 Å². The standard InChI is InChI=1S/C24H21N3O2/c1-17-11-13-19(14-12-17)25-23(28)16-27-22-10-6-5-9-20(22)26-21(15-24(27)29)18-7-3-2-4-8-18/h2-14H,15-16H2,1H3,(H,25,28). The molecule has 29 heavy (non-hydrogen) atoms. The third-order valence-corrected chi connectivity index (χ3v) is 4.79. The number of carbonyl (C=O) groups is 2. The number of aryl methyl sites for hydroxylation is 1. The van der Waals surface area contributed by atoms with Crippen molar-refractivity contribution in [1.29, 1.82) is 0 Å². The molecule has 0 radical (unpaired) electrons. The summed E-state index contributed by atoms with van der Waals surface area (Å²) in [6.07, 6.45) is 0.135. The van der Waals surface area contributed by atoms with Gasteiger partial charge in [0, 0.05) is 5.69 Å². The number of anilines is 2. The van der Waals surface area contributed by atoms with E-state index in [0.29, 0.717) is 22.8 Å². The summed E-state index contributed by atoms with van der Waals surface area (Å²) < 4.78 is 0. The van der Waals surface area contributed by atoms with Crippen LogP contribution in [0.1, 0.15) is 17.5 Å². The molecule has 0 unspecified atom stereocenters. The number of hydrogen-bond acceptors (Lipinski definition) is 3. The molecule has 3 aromatic carbocycles. The predicted molar refractivity (Wildman–Crippen MR) is 116 cm³/mol. The maximum Gasteiger partial charge on any atom is 0.244 e. The van der Waals surface area contributed by atoms with Crippen molar-refractivity contribution in [1.82, 2.24) is 0 Å². The van der Waals surface area contributed by atoms with Gasteiger partial charge in [-0.25, -0.2) is 0 Å². The maximum absolute atomic E-state index is 13.1. The topological polar surface area (TPSA) is 61.8 Å². The van der Waals surface area contributed by atoms with Crippen molar-refractivity contribution >= 4 is 34.6 Å². The first-order valence-corrected chi connectivity index (χ1v) is 9.49. The number of benzene rings is 3. The van der Waals surface area contributed by atoms with E-state index in [1.54, 1.807) is 0 Å². The summed E-state index contributed by atoms with van der Waals surface area (Å²) in [6, 6.07) is 24.6. The van der Waals surface area contributed by atoms with Gasteiger partial charge in [-0.3, -0.25) is 14.6 Å². The highest BCUT2D eigenvalue weighted by Gasteiger charge is 2.26. The Morgan fingerprint density at radius 1 is 0.966 bits per heavy atom. The molecule has 0 aromatic heterocycles. The molecule has 0 saturated heterocycles. The second kappa shape index (κ2) is 8.10. The van der Waals surface area contributed by atoms with Crippen molar-refractivity contribution in [2.24, 2.45) is 4.99 Å². The first-order chi connectivity index (χ1) is 14.1. The fourth-order valence-corrected chi connectivity index (χ4v) is 3.30. The first-order valence-electron chi connectivity index (χ1n) is 9.49. The lowest BCUT2D eigenvalue weighted by Crippen LogP contribution is -2.38. The molecule has 1 aliphatic rings. The van der Waals surface area contributed by atoms with Gasteiger partial charge in [-0.2, -0.15) is 0 Å². The summed E-state index contributed by atoms with van der Waals surface area (Å²) in [7, 11) is 0. The lowest BCUT2D eigenvalue weighted by atomic mass is 10.1. The number of para-hydroxylation sites is 2. The average Bonchev–Trinajstić information content (AvgIpc) is 2.87. The molecule has 0 saturated carbocycles. The molecule has 5 heteroatoms. The Balaban J connectivity index is 1.60. The summed E-state index contributed by atoms with van der Waals surface area (Å²) >= 11 is 0. The zero-order chi connectivity index (χ0) is 20.2. The molecule has 5 nitrogen and oxygen atoms in total. The highest BCUT2D eigenvalue weighted by Crippen LogP contribution is 2.32. The van der Waals surface area contributed by atoms with Crippen LogP contribution in [0.5, 0.6) is 0 Å². The van der Waals surface area contributed by atoms with Crippen LogP contribution in [-0.2, 0) is 9.59 Å². The Labute approximate surface area is 169 Å². The molecule has 4 rings (SSSR count). The average molecular weight is 383 g/mol. The molecule has 0 spiro atoms. The SMILES string of the molecule is Cc1ccc(NC(=O)CN2C(=O)CC(c3ccccc3)=Nc3ccccc32)cc1. The monoisotopic (exact) mass is 383 g/mol. The molecular formula is C24H21N3O2. The summed E-state index contributed by atoms with van der Waals surface area (Å²) in [5, 5.41) is 2.86. The van der Waals surface area contributed by atoms with Gasteiger partial charge in [-0.1, -0.05) is 60.2 Å². The van der Waals surface area contributed by atoms with E-state index in [2.05, 4.69) is 5.32 Å². The first kappa shape index (κ1) is 18.6. The molecule has 2 amide bonds. The predicted octanol–water partition coefficient (Wildman–Crippen LogP) is 4.49. The quantitative estimate of drug-likeness (QED) is 0.721. The molecular weight excluding hydrogens is 362 g/mol. The minimum absolute atomic E-state index is 0.0681. The fraction of sp³-hybridized carbons (Fsp3) is 0.125. The van der Waals surface area contributed by atoms with Crippen molar-refractivity contribution in [2.75, 3.05) is 16.8 Å². The summed E-state index contributed by atoms with van der Waals surface area (Å²) in [4.78, 5) is 31.9. The van der Waals surface area contributed by atoms with E-state index in [1.165, 1.54) is 4.90 Å². The highest BCUT2D eigenvalue weighted by molar-refractivity contribution is 6.18. The van der Waals surface area contributed by atoms with Crippen LogP contribution in [0.25, 0.3) is 0 Å². The van der Waals surface area contributed by atoms with E-state index < -0.39 is 0 Å². The number of nitrogens with one attached hydrogen (secondary N) is 1. The van der Waals surface area contributed by atoms with Gasteiger partial charge >= 0.3 is 0 Å². The van der Waals surface area contributed by atoms with Gasteiger partial charge < -0.3 is 10.2 Å². The van der Waals surface area contributed by atoms with E-state index in [0.717, 1.165) is 11.1 Å². The molecule has 0 bridgehead atoms. The Hall–Kier alpha value is -3.73. The third kappa shape index (κ3) is 4.24. The van der Waals surface area contributed by atoms with Crippen molar-refractivity contribution in [3.63, 3.8) is 0 Å². The molecule has 0 atom stereocenters. The van der Waals surface area contributed by atoms with E-state index in [9.17, 15) is 9.59 Å². The molecule has 144 valence electrons. The smallest absolute Gasteiger partial charge is 0.244 e. The van der Waals surface area contributed by atoms with E-state index >= 15 is 0 Å². The van der Waals surface area contributed by atoms with Crippen molar-refractivity contribution in [3.05, 3.63) is 90.0 Å². The fourth-order valence-electron chi connectivity index (χ4n) is 3.30. The van der Waals surface area contributed by atoms with Crippen LogP contribution in [0.3, 0.4) is 0 Å². The number of fused-ring (bicyclic) bond motifs is 1. The second-order valence-corrected chi connectivity index (χ2v) is 6.98. The molecule has 0 fully saturated rings. The minimum atomic E-state index is -0.250. The molecule has 1 aliphatic heterocycles. The van der Waals surface area contributed by atoms with E-state index in [-0.39, 0.29) is 24.8 Å². The molecule has 1 heterocycles. The van der Waals surface area contributed by atoms with Crippen LogP contribution in [-0.4, -0.2) is 24.1 Å². The van der Waals surface area contributed by atoms with Crippen molar-refractivity contribution in [2.45, 2.75) is 13.3 Å². The van der Waals surface area contributed by atoms with Crippen LogP contribution >= 0.6 is 0 Å². The molecule has 3 aromatic rings. The molecule has 1 N–H and O–H groups in total. The van der Waals surface area contributed by atoms with Gasteiger partial charge in [0.15, 0.2) is 0 Å². The number of hydrogen-bond donors (Lipinski definition) is 1. The minimum Gasteiger partial charge on any atom is -0.325 e. The van der Waals surface area contributed by atoms with Gasteiger partial charge in [-0.15, -0.1) is 0 Å². The largest absolute Gasteiger partial charge is 0.325 e. The Morgan fingerprint density at radius 2 is 1.66 bits per heavy atom. The number of nitrogens with zero attached hydrogens (tertiary/aromatic N) is 2. The third-order valence-electron chi connectivity index (χ3n) is 4.79. The van der Waals surface area contributed by atoms with Crippen LogP contribution in [0, 0.1) is 6.92 Å². The summed E-state index contributed by atoms with van der Waals surface area (Å²) in [5.41, 5.74) is 4.75. The maximum atomic E-state index is 13.1. The Bertz CT molecular complexity index is 1070. The highest BCUT2D eigenvalue weighted by atomic mass is 16.2. The zero-order valence-electron chi connectivity index (χ0n) is 16.1. The van der Waals surface area contributed by atoms with Crippen LogP contribution in [0.4, 0.5) is 17.1 Å². The number of rotatable bonds is 4. The van der Waals surface area contributed by atoms with Gasteiger partial charge in [0.25, 0.3) is 0 Å². The van der Waals surface area contributed by atoms with Crippen molar-refractivity contribution in [3.8, 4) is 0 Å². The number of amides is 2. The number of carbonyl (C=O) groups excluding carboxylic acids is 2. The normalized spacial score (nSPS) is 13.3. The summed E-state index contributed by atoms with van der Waals surface area (Å²) in [6.45, 7) is 1.92. The van der Waals surface area contributed by atoms with Gasteiger partial charge in [-0.05, 0) is 36.8 Å².